The SMILES string of the molecule is CC(N=C1NC(C)(C)CCS1)C1CCCCC1. The number of amidine groups is 1. The van der Waals surface area contributed by atoms with Crippen LogP contribution in [0.3, 0.4) is 0 Å². The van der Waals surface area contributed by atoms with Gasteiger partial charge in [0.05, 0.1) is 6.04 Å². The van der Waals surface area contributed by atoms with Gasteiger partial charge in [0.25, 0.3) is 0 Å². The molecule has 0 aromatic rings. The van der Waals surface area contributed by atoms with Gasteiger partial charge in [0, 0.05) is 11.3 Å². The summed E-state index contributed by atoms with van der Waals surface area (Å²) in [6, 6.07) is 0.499. The van der Waals surface area contributed by atoms with Gasteiger partial charge in [-0.2, -0.15) is 0 Å². The smallest absolute Gasteiger partial charge is 0.157 e. The summed E-state index contributed by atoms with van der Waals surface area (Å²) in [6.07, 6.45) is 8.24. The average Bonchev–Trinajstić information content (AvgIpc) is 2.29. The Bertz CT molecular complexity index is 280. The fraction of sp³-hybridized carbons (Fsp3) is 0.929. The molecule has 1 N–H and O–H groups in total. The first-order chi connectivity index (χ1) is 8.07. The molecule has 1 aliphatic carbocycles. The van der Waals surface area contributed by atoms with E-state index in [9.17, 15) is 0 Å². The Labute approximate surface area is 110 Å². The summed E-state index contributed by atoms with van der Waals surface area (Å²) in [4.78, 5) is 4.92. The number of aliphatic imine (C=N–C) groups is 1. The molecule has 0 aromatic carbocycles. The van der Waals surface area contributed by atoms with Crippen LogP contribution < -0.4 is 5.32 Å². The maximum absolute atomic E-state index is 4.92. The minimum absolute atomic E-state index is 0.233. The third kappa shape index (κ3) is 3.90. The lowest BCUT2D eigenvalue weighted by Gasteiger charge is -2.33. The van der Waals surface area contributed by atoms with Crippen LogP contribution >= 0.6 is 11.8 Å². The highest BCUT2D eigenvalue weighted by molar-refractivity contribution is 8.13. The molecule has 98 valence electrons. The number of hydrogen-bond donors (Lipinski definition) is 1. The number of thioether (sulfide) groups is 1. The molecule has 2 aliphatic rings. The molecule has 0 bridgehead atoms. The molecule has 0 radical (unpaired) electrons. The van der Waals surface area contributed by atoms with Crippen LogP contribution in [-0.4, -0.2) is 22.5 Å². The van der Waals surface area contributed by atoms with Crippen molar-refractivity contribution in [3.05, 3.63) is 0 Å². The van der Waals surface area contributed by atoms with Crippen LogP contribution in [0, 0.1) is 5.92 Å². The monoisotopic (exact) mass is 254 g/mol. The first-order valence-corrected chi connectivity index (χ1v) is 8.04. The molecule has 17 heavy (non-hydrogen) atoms. The number of hydrogen-bond acceptors (Lipinski definition) is 2. The van der Waals surface area contributed by atoms with Crippen LogP contribution in [0.25, 0.3) is 0 Å². The number of nitrogens with zero attached hydrogens (tertiary/aromatic N) is 1. The van der Waals surface area contributed by atoms with Gasteiger partial charge in [0.1, 0.15) is 0 Å². The van der Waals surface area contributed by atoms with Gasteiger partial charge in [-0.05, 0) is 46.0 Å². The van der Waals surface area contributed by atoms with E-state index in [1.165, 1.54) is 49.4 Å². The van der Waals surface area contributed by atoms with Gasteiger partial charge in [-0.3, -0.25) is 4.99 Å². The Morgan fingerprint density at radius 2 is 2.00 bits per heavy atom. The van der Waals surface area contributed by atoms with Crippen LogP contribution in [0.4, 0.5) is 0 Å². The second kappa shape index (κ2) is 5.64. The quantitative estimate of drug-likeness (QED) is 0.810. The summed E-state index contributed by atoms with van der Waals surface area (Å²) in [6.45, 7) is 6.84. The van der Waals surface area contributed by atoms with Crippen LogP contribution in [0.5, 0.6) is 0 Å². The lowest BCUT2D eigenvalue weighted by molar-refractivity contribution is 0.317. The highest BCUT2D eigenvalue weighted by atomic mass is 32.2. The van der Waals surface area contributed by atoms with Crippen molar-refractivity contribution in [2.24, 2.45) is 10.9 Å². The Morgan fingerprint density at radius 1 is 1.29 bits per heavy atom. The molecule has 0 spiro atoms. The maximum atomic E-state index is 4.92. The lowest BCUT2D eigenvalue weighted by atomic mass is 9.85. The van der Waals surface area contributed by atoms with E-state index in [4.69, 9.17) is 4.99 Å². The maximum Gasteiger partial charge on any atom is 0.157 e. The van der Waals surface area contributed by atoms with Gasteiger partial charge in [-0.25, -0.2) is 0 Å². The van der Waals surface area contributed by atoms with Crippen molar-refractivity contribution in [3.63, 3.8) is 0 Å². The fourth-order valence-electron chi connectivity index (χ4n) is 2.77. The number of rotatable bonds is 2. The summed E-state index contributed by atoms with van der Waals surface area (Å²) in [5, 5.41) is 4.76. The Balaban J connectivity index is 1.93. The molecular weight excluding hydrogens is 228 g/mol. The van der Waals surface area contributed by atoms with Crippen molar-refractivity contribution in [3.8, 4) is 0 Å². The molecule has 1 aliphatic heterocycles. The normalized spacial score (nSPS) is 29.9. The molecule has 1 atom stereocenters. The van der Waals surface area contributed by atoms with E-state index in [2.05, 4.69) is 26.1 Å². The van der Waals surface area contributed by atoms with Gasteiger partial charge in [0.2, 0.25) is 0 Å². The zero-order valence-corrected chi connectivity index (χ0v) is 12.3. The molecule has 0 aromatic heterocycles. The summed E-state index contributed by atoms with van der Waals surface area (Å²) in [5.74, 6) is 2.03. The minimum Gasteiger partial charge on any atom is -0.360 e. The van der Waals surface area contributed by atoms with Crippen molar-refractivity contribution in [2.75, 3.05) is 5.75 Å². The number of nitrogens with one attached hydrogen (secondary N) is 1. The molecule has 2 nitrogen and oxygen atoms in total. The second-order valence-corrected chi connectivity index (χ2v) is 7.26. The standard InChI is InChI=1S/C14H26N2S/c1-11(12-7-5-4-6-8-12)15-13-16-14(2,3)9-10-17-13/h11-12H,4-10H2,1-3H3,(H,15,16). The molecule has 1 saturated heterocycles. The first kappa shape index (κ1) is 13.3. The highest BCUT2D eigenvalue weighted by Gasteiger charge is 2.26. The average molecular weight is 254 g/mol. The second-order valence-electron chi connectivity index (χ2n) is 6.18. The van der Waals surface area contributed by atoms with Gasteiger partial charge in [-0.15, -0.1) is 0 Å². The Hall–Kier alpha value is -0.180. The van der Waals surface area contributed by atoms with Crippen molar-refractivity contribution >= 4 is 16.9 Å². The Morgan fingerprint density at radius 3 is 2.65 bits per heavy atom. The molecule has 2 rings (SSSR count). The van der Waals surface area contributed by atoms with E-state index in [0.717, 1.165) is 5.92 Å². The summed E-state index contributed by atoms with van der Waals surface area (Å²) >= 11 is 1.90. The van der Waals surface area contributed by atoms with Gasteiger partial charge in [0.15, 0.2) is 5.17 Å². The van der Waals surface area contributed by atoms with Crippen LogP contribution in [-0.2, 0) is 0 Å². The van der Waals surface area contributed by atoms with E-state index in [-0.39, 0.29) is 5.54 Å². The lowest BCUT2D eigenvalue weighted by Crippen LogP contribution is -2.46. The van der Waals surface area contributed by atoms with E-state index in [1.54, 1.807) is 0 Å². The highest BCUT2D eigenvalue weighted by Crippen LogP contribution is 2.29. The summed E-state index contributed by atoms with van der Waals surface area (Å²) < 4.78 is 0. The summed E-state index contributed by atoms with van der Waals surface area (Å²) in [7, 11) is 0. The van der Waals surface area contributed by atoms with E-state index in [0.29, 0.717) is 6.04 Å². The molecule has 2 fully saturated rings. The van der Waals surface area contributed by atoms with Crippen LogP contribution in [0.15, 0.2) is 4.99 Å². The zero-order chi connectivity index (χ0) is 12.3. The predicted octanol–water partition coefficient (Wildman–Crippen LogP) is 3.82. The topological polar surface area (TPSA) is 24.4 Å². The third-order valence-electron chi connectivity index (χ3n) is 4.06. The van der Waals surface area contributed by atoms with Crippen molar-refractivity contribution in [2.45, 2.75) is 70.9 Å². The summed E-state index contributed by atoms with van der Waals surface area (Å²) in [5.41, 5.74) is 0.233. The van der Waals surface area contributed by atoms with Crippen molar-refractivity contribution < 1.29 is 0 Å². The molecular formula is C14H26N2S. The van der Waals surface area contributed by atoms with Crippen LogP contribution in [0.2, 0.25) is 0 Å². The predicted molar refractivity (Wildman–Crippen MR) is 77.8 cm³/mol. The van der Waals surface area contributed by atoms with E-state index >= 15 is 0 Å². The molecule has 1 saturated carbocycles. The van der Waals surface area contributed by atoms with Crippen molar-refractivity contribution in [1.82, 2.24) is 5.32 Å². The molecule has 3 heteroatoms. The molecule has 0 amide bonds. The van der Waals surface area contributed by atoms with Gasteiger partial charge < -0.3 is 5.32 Å². The van der Waals surface area contributed by atoms with Crippen molar-refractivity contribution in [1.29, 1.82) is 0 Å². The zero-order valence-electron chi connectivity index (χ0n) is 11.5. The van der Waals surface area contributed by atoms with Gasteiger partial charge in [-0.1, -0.05) is 31.0 Å². The molecule has 1 unspecified atom stereocenters. The molecule has 1 heterocycles. The van der Waals surface area contributed by atoms with Crippen LogP contribution in [0.1, 0.15) is 59.3 Å². The minimum atomic E-state index is 0.233. The fourth-order valence-corrected chi connectivity index (χ4v) is 4.16. The van der Waals surface area contributed by atoms with E-state index in [1.807, 2.05) is 11.8 Å². The first-order valence-electron chi connectivity index (χ1n) is 7.06. The Kier molecular flexibility index (Phi) is 4.40. The largest absolute Gasteiger partial charge is 0.360 e. The third-order valence-corrected chi connectivity index (χ3v) is 4.95. The van der Waals surface area contributed by atoms with Gasteiger partial charge >= 0.3 is 0 Å². The van der Waals surface area contributed by atoms with E-state index < -0.39 is 0 Å².